The van der Waals surface area contributed by atoms with Gasteiger partial charge >= 0.3 is 0 Å². The third-order valence-electron chi connectivity index (χ3n) is 4.22. The van der Waals surface area contributed by atoms with Gasteiger partial charge in [-0.25, -0.2) is 24.9 Å². The van der Waals surface area contributed by atoms with Gasteiger partial charge < -0.3 is 9.88 Å². The van der Waals surface area contributed by atoms with Gasteiger partial charge in [-0.1, -0.05) is 0 Å². The summed E-state index contributed by atoms with van der Waals surface area (Å²) in [5, 5.41) is 0. The molecule has 1 atom stereocenters. The lowest BCUT2D eigenvalue weighted by Crippen LogP contribution is -2.35. The first-order valence-electron chi connectivity index (χ1n) is 8.20. The Labute approximate surface area is 140 Å². The standard InChI is InChI=1S/C17H19N7/c1-12-11-13(15-18-8-9-19-15)23-16(22-12)14-5-2-3-10-24(14)17-20-6-4-7-21-17/h4,6-9,11,14H,2-3,5,10H2,1H3,(H,18,19)/t14-/m0/s1. The van der Waals surface area contributed by atoms with Crippen molar-refractivity contribution in [2.45, 2.75) is 32.2 Å². The second-order valence-corrected chi connectivity index (χ2v) is 5.94. The van der Waals surface area contributed by atoms with Gasteiger partial charge in [0, 0.05) is 37.0 Å². The number of aromatic nitrogens is 6. The summed E-state index contributed by atoms with van der Waals surface area (Å²) in [4.78, 5) is 27.9. The second-order valence-electron chi connectivity index (χ2n) is 5.94. The fourth-order valence-corrected chi connectivity index (χ4v) is 3.15. The summed E-state index contributed by atoms with van der Waals surface area (Å²) in [5.41, 5.74) is 1.76. The first-order valence-corrected chi connectivity index (χ1v) is 8.20. The molecule has 0 aromatic carbocycles. The molecule has 0 saturated carbocycles. The van der Waals surface area contributed by atoms with Crippen molar-refractivity contribution in [3.8, 4) is 11.5 Å². The minimum Gasteiger partial charge on any atom is -0.343 e. The lowest BCUT2D eigenvalue weighted by atomic mass is 10.0. The number of hydrogen-bond donors (Lipinski definition) is 1. The average molecular weight is 321 g/mol. The molecule has 7 nitrogen and oxygen atoms in total. The van der Waals surface area contributed by atoms with Gasteiger partial charge in [-0.15, -0.1) is 0 Å². The lowest BCUT2D eigenvalue weighted by Gasteiger charge is -2.34. The van der Waals surface area contributed by atoms with Crippen LogP contribution in [0, 0.1) is 6.92 Å². The van der Waals surface area contributed by atoms with Crippen LogP contribution in [-0.2, 0) is 0 Å². The molecular weight excluding hydrogens is 302 g/mol. The van der Waals surface area contributed by atoms with Crippen molar-refractivity contribution in [1.82, 2.24) is 29.9 Å². The summed E-state index contributed by atoms with van der Waals surface area (Å²) in [5.74, 6) is 2.32. The highest BCUT2D eigenvalue weighted by Crippen LogP contribution is 2.32. The Morgan fingerprint density at radius 3 is 2.75 bits per heavy atom. The van der Waals surface area contributed by atoms with Crippen LogP contribution in [0.1, 0.15) is 36.8 Å². The fourth-order valence-electron chi connectivity index (χ4n) is 3.15. The van der Waals surface area contributed by atoms with Crippen molar-refractivity contribution in [1.29, 1.82) is 0 Å². The van der Waals surface area contributed by atoms with Crippen molar-refractivity contribution < 1.29 is 0 Å². The van der Waals surface area contributed by atoms with E-state index in [2.05, 4.69) is 24.8 Å². The molecule has 1 aliphatic heterocycles. The molecule has 1 fully saturated rings. The maximum absolute atomic E-state index is 4.77. The van der Waals surface area contributed by atoms with Crippen molar-refractivity contribution >= 4 is 5.95 Å². The Morgan fingerprint density at radius 2 is 1.96 bits per heavy atom. The van der Waals surface area contributed by atoms with Crippen LogP contribution in [-0.4, -0.2) is 36.4 Å². The van der Waals surface area contributed by atoms with E-state index in [-0.39, 0.29) is 6.04 Å². The van der Waals surface area contributed by atoms with E-state index in [1.165, 1.54) is 0 Å². The highest BCUT2D eigenvalue weighted by Gasteiger charge is 2.28. The summed E-state index contributed by atoms with van der Waals surface area (Å²) in [6, 6.07) is 3.88. The number of imidazole rings is 1. The van der Waals surface area contributed by atoms with E-state index in [0.29, 0.717) is 0 Å². The molecule has 0 radical (unpaired) electrons. The quantitative estimate of drug-likeness (QED) is 0.798. The average Bonchev–Trinajstić information content (AvgIpc) is 3.17. The molecule has 4 heterocycles. The molecule has 1 saturated heterocycles. The van der Waals surface area contributed by atoms with E-state index in [1.54, 1.807) is 24.8 Å². The van der Waals surface area contributed by atoms with Crippen LogP contribution in [0.15, 0.2) is 36.9 Å². The number of hydrogen-bond acceptors (Lipinski definition) is 6. The van der Waals surface area contributed by atoms with Gasteiger partial charge in [-0.3, -0.25) is 0 Å². The van der Waals surface area contributed by atoms with Gasteiger partial charge in [-0.05, 0) is 38.3 Å². The topological polar surface area (TPSA) is 83.5 Å². The molecule has 4 rings (SSSR count). The highest BCUT2D eigenvalue weighted by molar-refractivity contribution is 5.49. The van der Waals surface area contributed by atoms with Crippen LogP contribution in [0.25, 0.3) is 11.5 Å². The van der Waals surface area contributed by atoms with E-state index < -0.39 is 0 Å². The number of nitrogens with zero attached hydrogens (tertiary/aromatic N) is 6. The molecular formula is C17H19N7. The van der Waals surface area contributed by atoms with Crippen LogP contribution in [0.2, 0.25) is 0 Å². The number of aryl methyl sites for hydroxylation is 1. The van der Waals surface area contributed by atoms with Crippen molar-refractivity contribution in [3.05, 3.63) is 48.4 Å². The summed E-state index contributed by atoms with van der Waals surface area (Å²) in [6.45, 7) is 2.91. The van der Waals surface area contributed by atoms with Crippen LogP contribution in [0.5, 0.6) is 0 Å². The van der Waals surface area contributed by atoms with Crippen LogP contribution in [0.3, 0.4) is 0 Å². The third-order valence-corrected chi connectivity index (χ3v) is 4.22. The summed E-state index contributed by atoms with van der Waals surface area (Å²) < 4.78 is 0. The zero-order valence-corrected chi connectivity index (χ0v) is 13.6. The minimum atomic E-state index is 0.0924. The van der Waals surface area contributed by atoms with Gasteiger partial charge in [0.1, 0.15) is 5.69 Å². The highest BCUT2D eigenvalue weighted by atomic mass is 15.3. The number of aromatic amines is 1. The second kappa shape index (κ2) is 6.35. The van der Waals surface area contributed by atoms with Crippen LogP contribution in [0.4, 0.5) is 5.95 Å². The lowest BCUT2D eigenvalue weighted by molar-refractivity contribution is 0.448. The molecule has 122 valence electrons. The smallest absolute Gasteiger partial charge is 0.225 e. The first-order chi connectivity index (χ1) is 11.8. The molecule has 1 aliphatic rings. The van der Waals surface area contributed by atoms with E-state index in [0.717, 1.165) is 54.8 Å². The predicted octanol–water partition coefficient (Wildman–Crippen LogP) is 2.70. The van der Waals surface area contributed by atoms with Gasteiger partial charge in [0.2, 0.25) is 5.95 Å². The van der Waals surface area contributed by atoms with Gasteiger partial charge in [0.25, 0.3) is 0 Å². The fraction of sp³-hybridized carbons (Fsp3) is 0.353. The Bertz CT molecular complexity index is 801. The van der Waals surface area contributed by atoms with Crippen molar-refractivity contribution in [2.75, 3.05) is 11.4 Å². The van der Waals surface area contributed by atoms with Gasteiger partial charge in [0.15, 0.2) is 11.6 Å². The number of anilines is 1. The Kier molecular flexibility index (Phi) is 3.90. The number of piperidine rings is 1. The normalized spacial score (nSPS) is 17.9. The third kappa shape index (κ3) is 2.84. The molecule has 0 aliphatic carbocycles. The molecule has 0 bridgehead atoms. The van der Waals surface area contributed by atoms with Crippen molar-refractivity contribution in [2.24, 2.45) is 0 Å². The molecule has 0 unspecified atom stereocenters. The number of nitrogens with one attached hydrogen (secondary N) is 1. The minimum absolute atomic E-state index is 0.0924. The molecule has 0 amide bonds. The predicted molar refractivity (Wildman–Crippen MR) is 90.3 cm³/mol. The zero-order chi connectivity index (χ0) is 16.4. The Morgan fingerprint density at radius 1 is 1.08 bits per heavy atom. The number of H-pyrrole nitrogens is 1. The van der Waals surface area contributed by atoms with E-state index >= 15 is 0 Å². The van der Waals surface area contributed by atoms with Crippen molar-refractivity contribution in [3.63, 3.8) is 0 Å². The first kappa shape index (κ1) is 14.7. The molecule has 0 spiro atoms. The SMILES string of the molecule is Cc1cc(-c2ncc[nH]2)nc([C@@H]2CCCCN2c2ncccn2)n1. The summed E-state index contributed by atoms with van der Waals surface area (Å²) in [7, 11) is 0. The van der Waals surface area contributed by atoms with Gasteiger partial charge in [-0.2, -0.15) is 0 Å². The monoisotopic (exact) mass is 321 g/mol. The summed E-state index contributed by atoms with van der Waals surface area (Å²) >= 11 is 0. The number of rotatable bonds is 3. The maximum atomic E-state index is 4.77. The van der Waals surface area contributed by atoms with Crippen LogP contribution >= 0.6 is 0 Å². The largest absolute Gasteiger partial charge is 0.343 e. The maximum Gasteiger partial charge on any atom is 0.225 e. The van der Waals surface area contributed by atoms with Crippen LogP contribution < -0.4 is 4.90 Å². The molecule has 7 heteroatoms. The Balaban J connectivity index is 1.73. The molecule has 1 N–H and O–H groups in total. The molecule has 3 aromatic heterocycles. The van der Waals surface area contributed by atoms with E-state index in [1.807, 2.05) is 19.1 Å². The summed E-state index contributed by atoms with van der Waals surface area (Å²) in [6.07, 6.45) is 10.4. The zero-order valence-electron chi connectivity index (χ0n) is 13.6. The molecule has 24 heavy (non-hydrogen) atoms. The van der Waals surface area contributed by atoms with E-state index in [9.17, 15) is 0 Å². The van der Waals surface area contributed by atoms with Gasteiger partial charge in [0.05, 0.1) is 6.04 Å². The Hall–Kier alpha value is -2.83. The molecule has 3 aromatic rings. The van der Waals surface area contributed by atoms with E-state index in [4.69, 9.17) is 9.97 Å².